The maximum Gasteiger partial charge on any atom is 0.260 e. The lowest BCUT2D eigenvalue weighted by atomic mass is 10.2. The predicted octanol–water partition coefficient (Wildman–Crippen LogP) is 1.34. The van der Waals surface area contributed by atoms with Crippen molar-refractivity contribution in [2.45, 2.75) is 19.4 Å². The summed E-state index contributed by atoms with van der Waals surface area (Å²) < 4.78 is 11.1. The van der Waals surface area contributed by atoms with Crippen molar-refractivity contribution in [3.8, 4) is 5.75 Å². The number of nitrogens with two attached hydrogens (primary N) is 1. The van der Waals surface area contributed by atoms with Crippen molar-refractivity contribution in [3.63, 3.8) is 0 Å². The summed E-state index contributed by atoms with van der Waals surface area (Å²) >= 11 is 4.97. The van der Waals surface area contributed by atoms with Crippen molar-refractivity contribution in [2.24, 2.45) is 5.73 Å². The van der Waals surface area contributed by atoms with E-state index in [9.17, 15) is 4.79 Å². The van der Waals surface area contributed by atoms with Gasteiger partial charge in [0.15, 0.2) is 6.61 Å². The molecule has 1 aromatic rings. The lowest BCUT2D eigenvalue weighted by molar-refractivity contribution is -0.141. The fourth-order valence-electron chi connectivity index (χ4n) is 2.22. The lowest BCUT2D eigenvalue weighted by Gasteiger charge is -2.32. The highest BCUT2D eigenvalue weighted by Gasteiger charge is 2.23. The van der Waals surface area contributed by atoms with Gasteiger partial charge in [0.25, 0.3) is 5.91 Å². The van der Waals surface area contributed by atoms with Gasteiger partial charge in [-0.15, -0.1) is 0 Å². The number of para-hydroxylation sites is 1. The van der Waals surface area contributed by atoms with Gasteiger partial charge in [0.1, 0.15) is 10.7 Å². The number of morpholine rings is 1. The third-order valence-electron chi connectivity index (χ3n) is 3.45. The van der Waals surface area contributed by atoms with E-state index in [0.29, 0.717) is 31.0 Å². The third-order valence-corrected chi connectivity index (χ3v) is 3.67. The van der Waals surface area contributed by atoms with Crippen molar-refractivity contribution < 1.29 is 14.3 Å². The van der Waals surface area contributed by atoms with Crippen LogP contribution in [0.15, 0.2) is 24.3 Å². The molecule has 0 saturated carbocycles. The Morgan fingerprint density at radius 2 is 2.29 bits per heavy atom. The zero-order valence-electron chi connectivity index (χ0n) is 12.1. The number of carbonyl (C=O) groups excluding carboxylic acids is 1. The van der Waals surface area contributed by atoms with Crippen molar-refractivity contribution >= 4 is 23.1 Å². The van der Waals surface area contributed by atoms with Crippen molar-refractivity contribution in [1.82, 2.24) is 4.90 Å². The molecule has 0 bridgehead atoms. The molecule has 1 fully saturated rings. The van der Waals surface area contributed by atoms with E-state index in [0.717, 1.165) is 6.42 Å². The smallest absolute Gasteiger partial charge is 0.260 e. The summed E-state index contributed by atoms with van der Waals surface area (Å²) in [5, 5.41) is 0. The van der Waals surface area contributed by atoms with Crippen LogP contribution in [0, 0.1) is 0 Å². The number of nitrogens with zero attached hydrogens (tertiary/aromatic N) is 1. The molecule has 1 aliphatic rings. The minimum Gasteiger partial charge on any atom is -0.483 e. The Hall–Kier alpha value is -1.66. The van der Waals surface area contributed by atoms with Gasteiger partial charge in [-0.25, -0.2) is 0 Å². The van der Waals surface area contributed by atoms with E-state index in [4.69, 9.17) is 27.4 Å². The molecule has 1 aromatic carbocycles. The first-order valence-corrected chi connectivity index (χ1v) is 7.43. The largest absolute Gasteiger partial charge is 0.483 e. The van der Waals surface area contributed by atoms with Crippen LogP contribution in [0.2, 0.25) is 0 Å². The maximum atomic E-state index is 12.2. The normalized spacial score (nSPS) is 18.3. The Morgan fingerprint density at radius 1 is 1.52 bits per heavy atom. The molecular weight excluding hydrogens is 288 g/mol. The molecule has 5 nitrogen and oxygen atoms in total. The fraction of sp³-hybridized carbons (Fsp3) is 0.467. The van der Waals surface area contributed by atoms with Gasteiger partial charge < -0.3 is 20.1 Å². The molecule has 0 radical (unpaired) electrons. The van der Waals surface area contributed by atoms with E-state index < -0.39 is 0 Å². The number of amides is 1. The van der Waals surface area contributed by atoms with E-state index in [-0.39, 0.29) is 23.6 Å². The second-order valence-electron chi connectivity index (χ2n) is 4.89. The number of hydrogen-bond donors (Lipinski definition) is 1. The summed E-state index contributed by atoms with van der Waals surface area (Å²) in [5.74, 6) is 0.494. The summed E-state index contributed by atoms with van der Waals surface area (Å²) in [4.78, 5) is 14.2. The highest BCUT2D eigenvalue weighted by Crippen LogP contribution is 2.18. The molecule has 1 heterocycles. The number of carbonyl (C=O) groups is 1. The van der Waals surface area contributed by atoms with Crippen LogP contribution in [0.4, 0.5) is 0 Å². The third kappa shape index (κ3) is 4.15. The summed E-state index contributed by atoms with van der Waals surface area (Å²) in [6.07, 6.45) is 1.01. The Bertz CT molecular complexity index is 521. The zero-order chi connectivity index (χ0) is 15.2. The van der Waals surface area contributed by atoms with Crippen molar-refractivity contribution in [2.75, 3.05) is 26.3 Å². The van der Waals surface area contributed by atoms with Crippen LogP contribution in [-0.2, 0) is 9.53 Å². The van der Waals surface area contributed by atoms with Crippen LogP contribution >= 0.6 is 12.2 Å². The molecule has 114 valence electrons. The van der Waals surface area contributed by atoms with Gasteiger partial charge >= 0.3 is 0 Å². The molecule has 21 heavy (non-hydrogen) atoms. The van der Waals surface area contributed by atoms with Crippen molar-refractivity contribution in [3.05, 3.63) is 29.8 Å². The molecule has 0 spiro atoms. The summed E-state index contributed by atoms with van der Waals surface area (Å²) in [5.41, 5.74) is 6.29. The van der Waals surface area contributed by atoms with Gasteiger partial charge in [-0.1, -0.05) is 31.3 Å². The highest BCUT2D eigenvalue weighted by atomic mass is 32.1. The van der Waals surface area contributed by atoms with E-state index >= 15 is 0 Å². The van der Waals surface area contributed by atoms with E-state index in [2.05, 4.69) is 0 Å². The summed E-state index contributed by atoms with van der Waals surface area (Å²) in [7, 11) is 0. The first-order valence-electron chi connectivity index (χ1n) is 7.02. The van der Waals surface area contributed by atoms with Crippen molar-refractivity contribution in [1.29, 1.82) is 0 Å². The van der Waals surface area contributed by atoms with Crippen LogP contribution in [0.1, 0.15) is 18.9 Å². The van der Waals surface area contributed by atoms with Crippen LogP contribution in [0.3, 0.4) is 0 Å². The van der Waals surface area contributed by atoms with Gasteiger partial charge in [-0.2, -0.15) is 0 Å². The van der Waals surface area contributed by atoms with Gasteiger partial charge in [0, 0.05) is 13.1 Å². The molecule has 1 amide bonds. The predicted molar refractivity (Wildman–Crippen MR) is 84.4 cm³/mol. The minimum atomic E-state index is -0.0468. The number of ether oxygens (including phenoxy) is 2. The molecule has 1 aliphatic heterocycles. The number of benzene rings is 1. The topological polar surface area (TPSA) is 64.8 Å². The Labute approximate surface area is 130 Å². The Balaban J connectivity index is 1.94. The van der Waals surface area contributed by atoms with Gasteiger partial charge in [-0.05, 0) is 18.6 Å². The van der Waals surface area contributed by atoms with Gasteiger partial charge in [-0.3, -0.25) is 4.79 Å². The number of hydrogen-bond acceptors (Lipinski definition) is 4. The SMILES string of the molecule is CCC1CN(C(=O)COc2ccccc2C(N)=S)CCO1. The molecule has 2 N–H and O–H groups in total. The van der Waals surface area contributed by atoms with E-state index in [1.54, 1.807) is 17.0 Å². The number of thiocarbonyl (C=S) groups is 1. The molecule has 1 atom stereocenters. The quantitative estimate of drug-likeness (QED) is 0.832. The summed E-state index contributed by atoms with van der Waals surface area (Å²) in [6, 6.07) is 7.19. The average Bonchev–Trinajstić information content (AvgIpc) is 2.52. The zero-order valence-corrected chi connectivity index (χ0v) is 12.9. The molecule has 2 rings (SSSR count). The monoisotopic (exact) mass is 308 g/mol. The Kier molecular flexibility index (Phi) is 5.52. The maximum absolute atomic E-state index is 12.2. The van der Waals surface area contributed by atoms with Gasteiger partial charge in [0.05, 0.1) is 18.3 Å². The van der Waals surface area contributed by atoms with Crippen LogP contribution in [0.25, 0.3) is 0 Å². The fourth-order valence-corrected chi connectivity index (χ4v) is 2.39. The second kappa shape index (κ2) is 7.38. The summed E-state index contributed by atoms with van der Waals surface area (Å²) in [6.45, 7) is 3.84. The first kappa shape index (κ1) is 15.7. The average molecular weight is 308 g/mol. The molecule has 1 saturated heterocycles. The minimum absolute atomic E-state index is 0.0178. The molecule has 0 aliphatic carbocycles. The first-order chi connectivity index (χ1) is 10.1. The van der Waals surface area contributed by atoms with Crippen LogP contribution in [-0.4, -0.2) is 48.2 Å². The van der Waals surface area contributed by atoms with Gasteiger partial charge in [0.2, 0.25) is 0 Å². The standard InChI is InChI=1S/C15H20N2O3S/c1-2-11-9-17(7-8-19-11)14(18)10-20-13-6-4-3-5-12(13)15(16)21/h3-6,11H,2,7-10H2,1H3,(H2,16,21). The molecule has 1 unspecified atom stereocenters. The highest BCUT2D eigenvalue weighted by molar-refractivity contribution is 7.80. The molecule has 6 heteroatoms. The Morgan fingerprint density at radius 3 is 3.00 bits per heavy atom. The second-order valence-corrected chi connectivity index (χ2v) is 5.33. The van der Waals surface area contributed by atoms with Crippen LogP contribution < -0.4 is 10.5 Å². The van der Waals surface area contributed by atoms with E-state index in [1.807, 2.05) is 19.1 Å². The van der Waals surface area contributed by atoms with Crippen LogP contribution in [0.5, 0.6) is 5.75 Å². The lowest BCUT2D eigenvalue weighted by Crippen LogP contribution is -2.47. The van der Waals surface area contributed by atoms with E-state index in [1.165, 1.54) is 0 Å². The molecular formula is C15H20N2O3S. The number of rotatable bonds is 5. The molecule has 0 aromatic heterocycles.